The quantitative estimate of drug-likeness (QED) is 0.726. The third kappa shape index (κ3) is 1.82. The van der Waals surface area contributed by atoms with Gasteiger partial charge in [-0.05, 0) is 6.07 Å². The monoisotopic (exact) mass is 223 g/mol. The van der Waals surface area contributed by atoms with Crippen LogP contribution in [0.25, 0.3) is 0 Å². The van der Waals surface area contributed by atoms with Crippen molar-refractivity contribution in [1.29, 1.82) is 0 Å². The smallest absolute Gasteiger partial charge is 0.125 e. The molecule has 0 spiro atoms. The summed E-state index contributed by atoms with van der Waals surface area (Å²) in [6.45, 7) is 0. The number of aromatic amines is 1. The molecule has 4 N–H and O–H groups in total. The van der Waals surface area contributed by atoms with Gasteiger partial charge in [-0.1, -0.05) is 29.8 Å². The number of hydrogen-bond acceptors (Lipinski definition) is 3. The topological polar surface area (TPSA) is 74.9 Å². The SMILES string of the molecule is Nc1[nH]ncc1C(O)c1ccccc1Cl. The zero-order valence-electron chi connectivity index (χ0n) is 7.81. The summed E-state index contributed by atoms with van der Waals surface area (Å²) < 4.78 is 0. The van der Waals surface area contributed by atoms with Gasteiger partial charge in [0.05, 0.1) is 6.20 Å². The van der Waals surface area contributed by atoms with Crippen LogP contribution < -0.4 is 5.73 Å². The molecule has 1 heterocycles. The number of benzene rings is 1. The number of rotatable bonds is 2. The molecule has 1 unspecified atom stereocenters. The molecule has 0 saturated carbocycles. The van der Waals surface area contributed by atoms with Crippen LogP contribution in [-0.2, 0) is 0 Å². The molecule has 1 atom stereocenters. The number of nitrogens with one attached hydrogen (secondary N) is 1. The first-order valence-corrected chi connectivity index (χ1v) is 4.79. The summed E-state index contributed by atoms with van der Waals surface area (Å²) in [5.74, 6) is 0.349. The molecule has 1 aromatic heterocycles. The van der Waals surface area contributed by atoms with Crippen LogP contribution in [0, 0.1) is 0 Å². The van der Waals surface area contributed by atoms with E-state index in [0.717, 1.165) is 0 Å². The van der Waals surface area contributed by atoms with E-state index in [1.807, 2.05) is 0 Å². The largest absolute Gasteiger partial charge is 0.384 e. The first kappa shape index (κ1) is 10.0. The second kappa shape index (κ2) is 3.92. The van der Waals surface area contributed by atoms with Gasteiger partial charge in [-0.3, -0.25) is 5.10 Å². The van der Waals surface area contributed by atoms with Crippen LogP contribution in [0.2, 0.25) is 5.02 Å². The summed E-state index contributed by atoms with van der Waals surface area (Å²) >= 11 is 5.96. The lowest BCUT2D eigenvalue weighted by molar-refractivity contribution is 0.221. The Morgan fingerprint density at radius 1 is 1.33 bits per heavy atom. The lowest BCUT2D eigenvalue weighted by Gasteiger charge is -2.11. The fourth-order valence-corrected chi connectivity index (χ4v) is 1.63. The first-order valence-electron chi connectivity index (χ1n) is 4.41. The summed E-state index contributed by atoms with van der Waals surface area (Å²) in [6.07, 6.45) is 0.640. The van der Waals surface area contributed by atoms with Crippen LogP contribution in [0.3, 0.4) is 0 Å². The number of nitrogen functional groups attached to an aromatic ring is 1. The standard InChI is InChI=1S/C10H10ClN3O/c11-8-4-2-1-3-6(8)9(15)7-5-13-14-10(7)12/h1-5,9,15H,(H3,12,13,14). The molecule has 0 radical (unpaired) electrons. The van der Waals surface area contributed by atoms with Crippen LogP contribution in [0.15, 0.2) is 30.5 Å². The second-order valence-corrected chi connectivity index (χ2v) is 3.57. The van der Waals surface area contributed by atoms with Crippen molar-refractivity contribution in [3.63, 3.8) is 0 Å². The van der Waals surface area contributed by atoms with E-state index in [1.165, 1.54) is 6.20 Å². The third-order valence-corrected chi connectivity index (χ3v) is 2.54. The van der Waals surface area contributed by atoms with Crippen molar-refractivity contribution >= 4 is 17.4 Å². The minimum atomic E-state index is -0.850. The first-order chi connectivity index (χ1) is 7.20. The average Bonchev–Trinajstić information content (AvgIpc) is 2.64. The highest BCUT2D eigenvalue weighted by Crippen LogP contribution is 2.29. The maximum absolute atomic E-state index is 10.0. The minimum absolute atomic E-state index is 0.349. The Bertz CT molecular complexity index is 469. The predicted molar refractivity (Wildman–Crippen MR) is 58.5 cm³/mol. The minimum Gasteiger partial charge on any atom is -0.384 e. The van der Waals surface area contributed by atoms with E-state index in [1.54, 1.807) is 24.3 Å². The van der Waals surface area contributed by atoms with Crippen LogP contribution in [-0.4, -0.2) is 15.3 Å². The zero-order valence-corrected chi connectivity index (χ0v) is 8.57. The fraction of sp³-hybridized carbons (Fsp3) is 0.100. The summed E-state index contributed by atoms with van der Waals surface area (Å²) in [6, 6.07) is 7.08. The lowest BCUT2D eigenvalue weighted by atomic mass is 10.0. The van der Waals surface area contributed by atoms with Crippen molar-refractivity contribution in [2.75, 3.05) is 5.73 Å². The molecule has 0 fully saturated rings. The van der Waals surface area contributed by atoms with E-state index in [0.29, 0.717) is 22.0 Å². The van der Waals surface area contributed by atoms with E-state index in [4.69, 9.17) is 17.3 Å². The number of hydrogen-bond donors (Lipinski definition) is 3. The normalized spacial score (nSPS) is 12.7. The molecule has 2 aromatic rings. The summed E-state index contributed by atoms with van der Waals surface area (Å²) in [7, 11) is 0. The Hall–Kier alpha value is -1.52. The zero-order chi connectivity index (χ0) is 10.8. The molecule has 78 valence electrons. The molecule has 2 rings (SSSR count). The Labute approximate surface area is 91.7 Å². The maximum Gasteiger partial charge on any atom is 0.125 e. The molecule has 5 heteroatoms. The van der Waals surface area contributed by atoms with E-state index in [-0.39, 0.29) is 0 Å². The number of nitrogens with zero attached hydrogens (tertiary/aromatic N) is 1. The number of aromatic nitrogens is 2. The number of aliphatic hydroxyl groups excluding tert-OH is 1. The van der Waals surface area contributed by atoms with Gasteiger partial charge in [0.25, 0.3) is 0 Å². The Balaban J connectivity index is 2.41. The third-order valence-electron chi connectivity index (χ3n) is 2.19. The van der Waals surface area contributed by atoms with Crippen molar-refractivity contribution in [2.24, 2.45) is 0 Å². The van der Waals surface area contributed by atoms with Gasteiger partial charge in [-0.15, -0.1) is 0 Å². The van der Waals surface area contributed by atoms with E-state index in [9.17, 15) is 5.11 Å². The van der Waals surface area contributed by atoms with E-state index < -0.39 is 6.10 Å². The lowest BCUT2D eigenvalue weighted by Crippen LogP contribution is -2.02. The molecule has 0 aliphatic rings. The Morgan fingerprint density at radius 2 is 2.07 bits per heavy atom. The molecule has 1 aromatic carbocycles. The van der Waals surface area contributed by atoms with E-state index in [2.05, 4.69) is 10.2 Å². The molecule has 0 amide bonds. The van der Waals surface area contributed by atoms with Crippen LogP contribution in [0.5, 0.6) is 0 Å². The molecule has 0 bridgehead atoms. The van der Waals surface area contributed by atoms with Crippen molar-refractivity contribution in [3.05, 3.63) is 46.6 Å². The molecular weight excluding hydrogens is 214 g/mol. The van der Waals surface area contributed by atoms with Gasteiger partial charge in [0, 0.05) is 16.1 Å². The Morgan fingerprint density at radius 3 is 2.67 bits per heavy atom. The van der Waals surface area contributed by atoms with Crippen LogP contribution in [0.1, 0.15) is 17.2 Å². The number of anilines is 1. The van der Waals surface area contributed by atoms with Crippen LogP contribution in [0.4, 0.5) is 5.82 Å². The van der Waals surface area contributed by atoms with Gasteiger partial charge in [0.15, 0.2) is 0 Å². The van der Waals surface area contributed by atoms with Crippen LogP contribution >= 0.6 is 11.6 Å². The molecule has 0 aliphatic carbocycles. The summed E-state index contributed by atoms with van der Waals surface area (Å²) in [5, 5.41) is 16.8. The molecule has 0 aliphatic heterocycles. The van der Waals surface area contributed by atoms with Gasteiger partial charge in [-0.25, -0.2) is 0 Å². The second-order valence-electron chi connectivity index (χ2n) is 3.16. The van der Waals surface area contributed by atoms with Gasteiger partial charge in [-0.2, -0.15) is 5.10 Å². The number of aliphatic hydroxyl groups is 1. The molecule has 0 saturated heterocycles. The van der Waals surface area contributed by atoms with Crippen molar-refractivity contribution in [1.82, 2.24) is 10.2 Å². The summed E-state index contributed by atoms with van der Waals surface area (Å²) in [4.78, 5) is 0. The van der Waals surface area contributed by atoms with Gasteiger partial charge in [0.2, 0.25) is 0 Å². The van der Waals surface area contributed by atoms with Gasteiger partial charge < -0.3 is 10.8 Å². The van der Waals surface area contributed by atoms with Gasteiger partial charge in [0.1, 0.15) is 11.9 Å². The Kier molecular flexibility index (Phi) is 2.62. The average molecular weight is 224 g/mol. The fourth-order valence-electron chi connectivity index (χ4n) is 1.39. The highest BCUT2D eigenvalue weighted by molar-refractivity contribution is 6.31. The number of H-pyrrole nitrogens is 1. The van der Waals surface area contributed by atoms with Crippen molar-refractivity contribution in [2.45, 2.75) is 6.10 Å². The van der Waals surface area contributed by atoms with E-state index >= 15 is 0 Å². The summed E-state index contributed by atoms with van der Waals surface area (Å²) in [5.41, 5.74) is 6.76. The van der Waals surface area contributed by atoms with Crippen molar-refractivity contribution in [3.8, 4) is 0 Å². The number of nitrogens with two attached hydrogens (primary N) is 1. The molecule has 15 heavy (non-hydrogen) atoms. The predicted octanol–water partition coefficient (Wildman–Crippen LogP) is 1.73. The maximum atomic E-state index is 10.0. The highest BCUT2D eigenvalue weighted by Gasteiger charge is 2.17. The van der Waals surface area contributed by atoms with Crippen molar-refractivity contribution < 1.29 is 5.11 Å². The highest BCUT2D eigenvalue weighted by atomic mass is 35.5. The molecular formula is C10H10ClN3O. The molecule has 4 nitrogen and oxygen atoms in total. The number of halogens is 1. The van der Waals surface area contributed by atoms with Gasteiger partial charge >= 0.3 is 0 Å².